The highest BCUT2D eigenvalue weighted by Crippen LogP contribution is 2.21. The molecule has 1 fully saturated rings. The molecule has 6 heteroatoms. The smallest absolute Gasteiger partial charge is 0.258 e. The molecule has 1 atom stereocenters. The maximum absolute atomic E-state index is 12.1. The molecule has 1 N–H and O–H groups in total. The monoisotopic (exact) mass is 344 g/mol. The van der Waals surface area contributed by atoms with Gasteiger partial charge in [-0.05, 0) is 31.2 Å². The van der Waals surface area contributed by atoms with Crippen molar-refractivity contribution < 1.29 is 18.7 Å². The number of furan rings is 1. The van der Waals surface area contributed by atoms with Crippen molar-refractivity contribution in [1.29, 1.82) is 0 Å². The van der Waals surface area contributed by atoms with E-state index in [4.69, 9.17) is 13.9 Å². The third-order valence-corrected chi connectivity index (χ3v) is 4.24. The largest absolute Gasteiger partial charge is 0.484 e. The van der Waals surface area contributed by atoms with Crippen molar-refractivity contribution in [3.8, 4) is 5.75 Å². The topological polar surface area (TPSA) is 63.9 Å². The Morgan fingerprint density at radius 3 is 2.68 bits per heavy atom. The first-order valence-electron chi connectivity index (χ1n) is 8.54. The minimum absolute atomic E-state index is 0.00206. The van der Waals surface area contributed by atoms with Crippen molar-refractivity contribution in [2.45, 2.75) is 13.0 Å². The van der Waals surface area contributed by atoms with Crippen LogP contribution in [0.3, 0.4) is 0 Å². The van der Waals surface area contributed by atoms with Gasteiger partial charge in [-0.15, -0.1) is 0 Å². The number of morpholine rings is 1. The summed E-state index contributed by atoms with van der Waals surface area (Å²) in [6.45, 7) is 5.52. The number of carbonyl (C=O) groups is 1. The molecule has 1 aromatic carbocycles. The van der Waals surface area contributed by atoms with Crippen LogP contribution in [0.4, 0.5) is 0 Å². The lowest BCUT2D eigenvalue weighted by atomic mass is 10.1. The number of nitrogens with one attached hydrogen (secondary N) is 1. The minimum atomic E-state index is -0.148. The number of hydrogen-bond acceptors (Lipinski definition) is 5. The van der Waals surface area contributed by atoms with E-state index < -0.39 is 0 Å². The number of benzene rings is 1. The average molecular weight is 344 g/mol. The highest BCUT2D eigenvalue weighted by atomic mass is 16.5. The van der Waals surface area contributed by atoms with Gasteiger partial charge in [0, 0.05) is 19.6 Å². The fourth-order valence-electron chi connectivity index (χ4n) is 2.82. The van der Waals surface area contributed by atoms with Gasteiger partial charge in [0.05, 0.1) is 25.5 Å². The Labute approximate surface area is 147 Å². The summed E-state index contributed by atoms with van der Waals surface area (Å²) in [6, 6.07) is 11.4. The second-order valence-corrected chi connectivity index (χ2v) is 6.09. The summed E-state index contributed by atoms with van der Waals surface area (Å²) in [5.41, 5.74) is 1.16. The quantitative estimate of drug-likeness (QED) is 0.834. The van der Waals surface area contributed by atoms with Gasteiger partial charge in [-0.3, -0.25) is 9.69 Å². The Morgan fingerprint density at radius 2 is 2.00 bits per heavy atom. The van der Waals surface area contributed by atoms with E-state index in [2.05, 4.69) is 10.2 Å². The predicted molar refractivity (Wildman–Crippen MR) is 93.5 cm³/mol. The van der Waals surface area contributed by atoms with Gasteiger partial charge in [-0.25, -0.2) is 0 Å². The second-order valence-electron chi connectivity index (χ2n) is 6.09. The molecule has 6 nitrogen and oxygen atoms in total. The van der Waals surface area contributed by atoms with Crippen molar-refractivity contribution in [1.82, 2.24) is 10.2 Å². The minimum Gasteiger partial charge on any atom is -0.484 e. The molecule has 0 spiro atoms. The highest BCUT2D eigenvalue weighted by Gasteiger charge is 2.25. The molecule has 25 heavy (non-hydrogen) atoms. The zero-order valence-corrected chi connectivity index (χ0v) is 14.4. The van der Waals surface area contributed by atoms with Crippen LogP contribution in [0.1, 0.15) is 17.4 Å². The van der Waals surface area contributed by atoms with E-state index in [-0.39, 0.29) is 18.6 Å². The van der Waals surface area contributed by atoms with Gasteiger partial charge in [-0.1, -0.05) is 17.7 Å². The summed E-state index contributed by atoms with van der Waals surface area (Å²) >= 11 is 0. The van der Waals surface area contributed by atoms with Crippen molar-refractivity contribution in [2.75, 3.05) is 39.5 Å². The maximum atomic E-state index is 12.1. The first kappa shape index (κ1) is 17.5. The normalized spacial score (nSPS) is 16.4. The number of hydrogen-bond donors (Lipinski definition) is 1. The number of rotatable bonds is 7. The summed E-state index contributed by atoms with van der Waals surface area (Å²) in [7, 11) is 0. The predicted octanol–water partition coefficient (Wildman–Crippen LogP) is 2.16. The zero-order valence-electron chi connectivity index (χ0n) is 14.4. The van der Waals surface area contributed by atoms with Crippen LogP contribution in [0.5, 0.6) is 5.75 Å². The first-order chi connectivity index (χ1) is 12.2. The molecular formula is C19H24N2O4. The fourth-order valence-corrected chi connectivity index (χ4v) is 2.82. The molecule has 0 radical (unpaired) electrons. The van der Waals surface area contributed by atoms with Gasteiger partial charge in [-0.2, -0.15) is 0 Å². The van der Waals surface area contributed by atoms with E-state index in [1.165, 1.54) is 0 Å². The standard InChI is InChI=1S/C19H24N2O4/c1-15-4-6-16(7-5-15)25-14-19(22)20-13-17(18-3-2-10-24-18)21-8-11-23-12-9-21/h2-7,10,17H,8-9,11-14H2,1H3,(H,20,22). The Bertz CT molecular complexity index is 649. The summed E-state index contributed by atoms with van der Waals surface area (Å²) in [4.78, 5) is 14.4. The van der Waals surface area contributed by atoms with Crippen LogP contribution < -0.4 is 10.1 Å². The van der Waals surface area contributed by atoms with Gasteiger partial charge < -0.3 is 19.2 Å². The van der Waals surface area contributed by atoms with Gasteiger partial charge in [0.1, 0.15) is 11.5 Å². The molecular weight excluding hydrogens is 320 g/mol. The molecule has 1 unspecified atom stereocenters. The molecule has 0 aliphatic carbocycles. The molecule has 134 valence electrons. The molecule has 1 amide bonds. The zero-order chi connectivity index (χ0) is 17.5. The van der Waals surface area contributed by atoms with Gasteiger partial charge in [0.25, 0.3) is 5.91 Å². The first-order valence-corrected chi connectivity index (χ1v) is 8.54. The molecule has 1 aliphatic heterocycles. The number of carbonyl (C=O) groups excluding carboxylic acids is 1. The van der Waals surface area contributed by atoms with Gasteiger partial charge in [0.15, 0.2) is 6.61 Å². The van der Waals surface area contributed by atoms with Crippen LogP contribution in [-0.4, -0.2) is 50.3 Å². The van der Waals surface area contributed by atoms with E-state index in [1.54, 1.807) is 6.26 Å². The molecule has 1 saturated heterocycles. The van der Waals surface area contributed by atoms with Crippen LogP contribution in [-0.2, 0) is 9.53 Å². The molecule has 2 heterocycles. The summed E-state index contributed by atoms with van der Waals surface area (Å²) in [6.07, 6.45) is 1.66. The lowest BCUT2D eigenvalue weighted by molar-refractivity contribution is -0.123. The molecule has 1 aliphatic rings. The van der Waals surface area contributed by atoms with Crippen LogP contribution in [0, 0.1) is 6.92 Å². The van der Waals surface area contributed by atoms with E-state index in [1.807, 2.05) is 43.3 Å². The summed E-state index contributed by atoms with van der Waals surface area (Å²) in [5, 5.41) is 2.94. The third kappa shape index (κ3) is 5.08. The van der Waals surface area contributed by atoms with Crippen LogP contribution >= 0.6 is 0 Å². The van der Waals surface area contributed by atoms with Crippen molar-refractivity contribution in [3.05, 3.63) is 54.0 Å². The molecule has 0 bridgehead atoms. The van der Waals surface area contributed by atoms with E-state index >= 15 is 0 Å². The Kier molecular flexibility index (Phi) is 6.09. The van der Waals surface area contributed by atoms with Crippen LogP contribution in [0.2, 0.25) is 0 Å². The number of nitrogens with zero attached hydrogens (tertiary/aromatic N) is 1. The van der Waals surface area contributed by atoms with Gasteiger partial charge in [0.2, 0.25) is 0 Å². The number of amides is 1. The summed E-state index contributed by atoms with van der Waals surface area (Å²) < 4.78 is 16.5. The van der Waals surface area contributed by atoms with Crippen molar-refractivity contribution in [3.63, 3.8) is 0 Å². The SMILES string of the molecule is Cc1ccc(OCC(=O)NCC(c2ccco2)N2CCOCC2)cc1. The lowest BCUT2D eigenvalue weighted by Crippen LogP contribution is -2.44. The van der Waals surface area contributed by atoms with E-state index in [0.717, 1.165) is 24.4 Å². The Balaban J connectivity index is 1.51. The Hall–Kier alpha value is -2.31. The molecule has 2 aromatic rings. The molecule has 1 aromatic heterocycles. The molecule has 0 saturated carbocycles. The maximum Gasteiger partial charge on any atom is 0.258 e. The second kappa shape index (κ2) is 8.69. The number of ether oxygens (including phenoxy) is 2. The highest BCUT2D eigenvalue weighted by molar-refractivity contribution is 5.77. The van der Waals surface area contributed by atoms with E-state index in [0.29, 0.717) is 25.5 Å². The third-order valence-electron chi connectivity index (χ3n) is 4.24. The molecule has 3 rings (SSSR count). The van der Waals surface area contributed by atoms with Crippen LogP contribution in [0.15, 0.2) is 47.1 Å². The van der Waals surface area contributed by atoms with Crippen molar-refractivity contribution in [2.24, 2.45) is 0 Å². The van der Waals surface area contributed by atoms with Crippen molar-refractivity contribution >= 4 is 5.91 Å². The summed E-state index contributed by atoms with van der Waals surface area (Å²) in [5.74, 6) is 1.39. The van der Waals surface area contributed by atoms with E-state index in [9.17, 15) is 4.79 Å². The van der Waals surface area contributed by atoms with Gasteiger partial charge >= 0.3 is 0 Å². The average Bonchev–Trinajstić information content (AvgIpc) is 3.17. The Morgan fingerprint density at radius 1 is 1.24 bits per heavy atom. The number of aryl methyl sites for hydroxylation is 1. The lowest BCUT2D eigenvalue weighted by Gasteiger charge is -2.33. The van der Waals surface area contributed by atoms with Crippen LogP contribution in [0.25, 0.3) is 0 Å². The fraction of sp³-hybridized carbons (Fsp3) is 0.421.